The van der Waals surface area contributed by atoms with E-state index in [1.165, 1.54) is 5.56 Å². The van der Waals surface area contributed by atoms with Gasteiger partial charge in [-0.2, -0.15) is 11.8 Å². The van der Waals surface area contributed by atoms with Crippen LogP contribution in [0.1, 0.15) is 30.1 Å². The number of nitrogens with one attached hydrogen (secondary N) is 1. The van der Waals surface area contributed by atoms with Gasteiger partial charge >= 0.3 is 0 Å². The van der Waals surface area contributed by atoms with Crippen molar-refractivity contribution in [2.75, 3.05) is 19.5 Å². The van der Waals surface area contributed by atoms with Crippen LogP contribution in [-0.2, 0) is 16.2 Å². The van der Waals surface area contributed by atoms with Gasteiger partial charge in [0.15, 0.2) is 5.82 Å². The maximum Gasteiger partial charge on any atom is 0.159 e. The van der Waals surface area contributed by atoms with E-state index < -0.39 is 0 Å². The Morgan fingerprint density at radius 3 is 2.87 bits per heavy atom. The van der Waals surface area contributed by atoms with Gasteiger partial charge in [-0.3, -0.25) is 0 Å². The van der Waals surface area contributed by atoms with Crippen molar-refractivity contribution in [2.45, 2.75) is 24.5 Å². The van der Waals surface area contributed by atoms with Crippen LogP contribution in [0.3, 0.4) is 0 Å². The second-order valence-corrected chi connectivity index (χ2v) is 4.46. The molecule has 1 aromatic rings. The summed E-state index contributed by atoms with van der Waals surface area (Å²) in [6, 6.07) is 0. The first kappa shape index (κ1) is 10.7. The summed E-state index contributed by atoms with van der Waals surface area (Å²) in [5.74, 6) is 3.70. The fourth-order valence-electron chi connectivity index (χ4n) is 1.56. The highest BCUT2D eigenvalue weighted by Crippen LogP contribution is 2.33. The lowest BCUT2D eigenvalue weighted by atomic mass is 10.2. The molecule has 0 aromatic carbocycles. The van der Waals surface area contributed by atoms with Gasteiger partial charge in [0.2, 0.25) is 0 Å². The summed E-state index contributed by atoms with van der Waals surface area (Å²) in [7, 11) is 3.57. The van der Waals surface area contributed by atoms with Crippen molar-refractivity contribution in [3.05, 3.63) is 17.1 Å². The van der Waals surface area contributed by atoms with E-state index in [0.29, 0.717) is 0 Å². The fraction of sp³-hybridized carbons (Fsp3) is 0.600. The van der Waals surface area contributed by atoms with E-state index in [0.717, 1.165) is 28.8 Å². The summed E-state index contributed by atoms with van der Waals surface area (Å²) in [6.07, 6.45) is -0.0481. The standard InChI is InChI=1S/C10H15N3OS/c1-6(14-3)9-12-8-5-15-4-7(8)10(11-2)13-9/h6H,4-5H2,1-3H3,(H,11,12,13). The lowest BCUT2D eigenvalue weighted by Gasteiger charge is -2.12. The number of hydrogen-bond acceptors (Lipinski definition) is 5. The molecule has 2 rings (SSSR count). The summed E-state index contributed by atoms with van der Waals surface area (Å²) in [6.45, 7) is 1.96. The van der Waals surface area contributed by atoms with E-state index in [9.17, 15) is 0 Å². The minimum absolute atomic E-state index is 0.0481. The van der Waals surface area contributed by atoms with E-state index in [2.05, 4.69) is 15.3 Å². The number of thioether (sulfide) groups is 1. The predicted molar refractivity (Wildman–Crippen MR) is 62.0 cm³/mol. The summed E-state index contributed by atoms with van der Waals surface area (Å²) in [5.41, 5.74) is 2.40. The smallest absolute Gasteiger partial charge is 0.159 e. The van der Waals surface area contributed by atoms with Crippen molar-refractivity contribution in [3.8, 4) is 0 Å². The van der Waals surface area contributed by atoms with Crippen molar-refractivity contribution < 1.29 is 4.74 Å². The van der Waals surface area contributed by atoms with Crippen LogP contribution in [-0.4, -0.2) is 24.1 Å². The first-order valence-corrected chi connectivity index (χ1v) is 6.09. The molecule has 0 saturated heterocycles. The van der Waals surface area contributed by atoms with Gasteiger partial charge in [-0.1, -0.05) is 0 Å². The summed E-state index contributed by atoms with van der Waals surface area (Å²) in [5, 5.41) is 3.13. The van der Waals surface area contributed by atoms with Crippen LogP contribution < -0.4 is 5.32 Å². The van der Waals surface area contributed by atoms with E-state index in [1.54, 1.807) is 7.11 Å². The highest BCUT2D eigenvalue weighted by Gasteiger charge is 2.20. The minimum atomic E-state index is -0.0481. The summed E-state index contributed by atoms with van der Waals surface area (Å²) < 4.78 is 5.24. The number of methoxy groups -OCH3 is 1. The third-order valence-electron chi connectivity index (χ3n) is 2.55. The van der Waals surface area contributed by atoms with Crippen LogP contribution in [0.15, 0.2) is 0 Å². The van der Waals surface area contributed by atoms with Crippen molar-refractivity contribution >= 4 is 17.6 Å². The first-order chi connectivity index (χ1) is 7.26. The van der Waals surface area contributed by atoms with Crippen LogP contribution in [0, 0.1) is 0 Å². The number of anilines is 1. The lowest BCUT2D eigenvalue weighted by molar-refractivity contribution is 0.112. The normalized spacial score (nSPS) is 16.2. The lowest BCUT2D eigenvalue weighted by Crippen LogP contribution is -2.09. The Hall–Kier alpha value is -0.810. The Bertz CT molecular complexity index is 370. The number of rotatable bonds is 3. The van der Waals surface area contributed by atoms with Gasteiger partial charge in [0.05, 0.1) is 5.69 Å². The largest absolute Gasteiger partial charge is 0.374 e. The molecule has 0 amide bonds. The van der Waals surface area contributed by atoms with Gasteiger partial charge in [-0.15, -0.1) is 0 Å². The fourth-order valence-corrected chi connectivity index (χ4v) is 2.61. The Morgan fingerprint density at radius 1 is 1.40 bits per heavy atom. The average Bonchev–Trinajstić information content (AvgIpc) is 2.74. The zero-order valence-corrected chi connectivity index (χ0v) is 10.0. The molecule has 0 aliphatic carbocycles. The van der Waals surface area contributed by atoms with E-state index in [-0.39, 0.29) is 6.10 Å². The second kappa shape index (κ2) is 4.37. The molecule has 4 nitrogen and oxygen atoms in total. The van der Waals surface area contributed by atoms with Crippen LogP contribution in [0.5, 0.6) is 0 Å². The van der Waals surface area contributed by atoms with Gasteiger partial charge in [0, 0.05) is 31.2 Å². The predicted octanol–water partition coefficient (Wildman–Crippen LogP) is 1.97. The van der Waals surface area contributed by atoms with E-state index >= 15 is 0 Å². The van der Waals surface area contributed by atoms with Gasteiger partial charge in [-0.05, 0) is 6.92 Å². The molecule has 0 fully saturated rings. The molecule has 1 atom stereocenters. The molecule has 1 N–H and O–H groups in total. The highest BCUT2D eigenvalue weighted by molar-refractivity contribution is 7.98. The molecule has 5 heteroatoms. The second-order valence-electron chi connectivity index (χ2n) is 3.48. The first-order valence-electron chi connectivity index (χ1n) is 4.94. The molecular weight excluding hydrogens is 210 g/mol. The quantitative estimate of drug-likeness (QED) is 0.852. The van der Waals surface area contributed by atoms with Crippen LogP contribution in [0.2, 0.25) is 0 Å². The molecule has 0 radical (unpaired) electrons. The van der Waals surface area contributed by atoms with Crippen molar-refractivity contribution in [2.24, 2.45) is 0 Å². The number of nitrogens with zero attached hydrogens (tertiary/aromatic N) is 2. The Kier molecular flexibility index (Phi) is 3.11. The molecule has 0 bridgehead atoms. The monoisotopic (exact) mass is 225 g/mol. The van der Waals surface area contributed by atoms with E-state index in [1.807, 2.05) is 25.7 Å². The SMILES string of the molecule is CNc1nc(C(C)OC)nc2c1CSC2. The van der Waals surface area contributed by atoms with E-state index in [4.69, 9.17) is 4.74 Å². The van der Waals surface area contributed by atoms with Gasteiger partial charge < -0.3 is 10.1 Å². The zero-order chi connectivity index (χ0) is 10.8. The van der Waals surface area contributed by atoms with Crippen LogP contribution in [0.4, 0.5) is 5.82 Å². The van der Waals surface area contributed by atoms with Crippen LogP contribution in [0.25, 0.3) is 0 Å². The van der Waals surface area contributed by atoms with Gasteiger partial charge in [-0.25, -0.2) is 9.97 Å². The molecule has 0 spiro atoms. The molecule has 1 aliphatic rings. The van der Waals surface area contributed by atoms with Crippen molar-refractivity contribution in [1.82, 2.24) is 9.97 Å². The topological polar surface area (TPSA) is 47.0 Å². The van der Waals surface area contributed by atoms with Gasteiger partial charge in [0.25, 0.3) is 0 Å². The van der Waals surface area contributed by atoms with Crippen molar-refractivity contribution in [1.29, 1.82) is 0 Å². The third-order valence-corrected chi connectivity index (χ3v) is 3.52. The molecule has 0 saturated carbocycles. The molecular formula is C10H15N3OS. The summed E-state index contributed by atoms with van der Waals surface area (Å²) in [4.78, 5) is 9.01. The average molecular weight is 225 g/mol. The number of aromatic nitrogens is 2. The minimum Gasteiger partial charge on any atom is -0.374 e. The van der Waals surface area contributed by atoms with Crippen molar-refractivity contribution in [3.63, 3.8) is 0 Å². The van der Waals surface area contributed by atoms with Crippen LogP contribution >= 0.6 is 11.8 Å². The van der Waals surface area contributed by atoms with Gasteiger partial charge in [0.1, 0.15) is 11.9 Å². The highest BCUT2D eigenvalue weighted by atomic mass is 32.2. The maximum absolute atomic E-state index is 5.24. The number of ether oxygens (including phenoxy) is 1. The Balaban J connectivity index is 2.43. The third kappa shape index (κ3) is 1.94. The maximum atomic E-state index is 5.24. The number of fused-ring (bicyclic) bond motifs is 1. The Labute approximate surface area is 93.8 Å². The molecule has 2 heterocycles. The molecule has 1 aromatic heterocycles. The Morgan fingerprint density at radius 2 is 2.20 bits per heavy atom. The molecule has 1 unspecified atom stereocenters. The summed E-state index contributed by atoms with van der Waals surface area (Å²) >= 11 is 1.88. The molecule has 1 aliphatic heterocycles. The molecule has 82 valence electrons. The zero-order valence-electron chi connectivity index (χ0n) is 9.20. The number of hydrogen-bond donors (Lipinski definition) is 1. The molecule has 15 heavy (non-hydrogen) atoms.